The van der Waals surface area contributed by atoms with Crippen LogP contribution in [0.15, 0.2) is 48.5 Å². The van der Waals surface area contributed by atoms with Gasteiger partial charge < -0.3 is 62.0 Å². The Hall–Kier alpha value is -1.14. The number of hydrogen-bond acceptors (Lipinski definition) is 10. The average molecular weight is 842 g/mol. The van der Waals surface area contributed by atoms with Crippen molar-refractivity contribution in [3.8, 4) is 0 Å². The molecule has 2 rings (SSSR count). The molecule has 0 bridgehead atoms. The summed E-state index contributed by atoms with van der Waals surface area (Å²) in [7, 11) is -10.3. The van der Waals surface area contributed by atoms with Crippen molar-refractivity contribution in [2.45, 2.75) is 0 Å². The fourth-order valence-corrected chi connectivity index (χ4v) is 3.64. The van der Waals surface area contributed by atoms with E-state index in [4.69, 9.17) is 51.4 Å². The van der Waals surface area contributed by atoms with Crippen molar-refractivity contribution in [3.05, 3.63) is 48.5 Å². The van der Waals surface area contributed by atoms with Gasteiger partial charge in [-0.3, -0.25) is 16.8 Å². The molecule has 0 atom stereocenters. The van der Waals surface area contributed by atoms with Crippen LogP contribution in [-0.2, 0) is 78.2 Å². The molecule has 2 aromatic carbocycles. The largest absolute Gasteiger partial charge is 0.457 e. The molecule has 0 aliphatic carbocycles. The Kier molecular flexibility index (Phi) is 53.4. The van der Waals surface area contributed by atoms with Gasteiger partial charge in [0.15, 0.2) is 0 Å². The van der Waals surface area contributed by atoms with Gasteiger partial charge in [-0.05, 0) is 0 Å². The van der Waals surface area contributed by atoms with Crippen molar-refractivity contribution in [1.29, 1.82) is 0 Å². The summed E-state index contributed by atoms with van der Waals surface area (Å²) in [6.45, 7) is 0. The van der Waals surface area contributed by atoms with Gasteiger partial charge in [0.2, 0.25) is 0 Å². The second-order valence-electron chi connectivity index (χ2n) is 5.24. The first-order chi connectivity index (χ1) is 14.0. The molecular formula is C12H40As2CuN2O22S2+6. The standard InChI is InChI=1S/2C6H8AsNO3.Cu.2H2O4S.8H2O/c2*8-6-3-1-5(2-4-6)7(9,10)11;;2*1-5(2,3)4;;;;;;;;/h2*1-4H,8H2,(H2,9,10,11);;2*(H2,1,2,3,4);8*1H2/q;;+2;;;;;;;;;;/p+4. The molecule has 29 heteroatoms. The van der Waals surface area contributed by atoms with E-state index in [-0.39, 0.29) is 69.6 Å². The van der Waals surface area contributed by atoms with Gasteiger partial charge in [-0.2, -0.15) is 0 Å². The summed E-state index contributed by atoms with van der Waals surface area (Å²) >= 11 is -9.31. The van der Waals surface area contributed by atoms with Crippen molar-refractivity contribution in [1.82, 2.24) is 0 Å². The molecule has 2 aromatic rings. The summed E-state index contributed by atoms with van der Waals surface area (Å²) in [5, 5.41) is 0. The zero-order valence-corrected chi connectivity index (χ0v) is 26.7. The van der Waals surface area contributed by atoms with Crippen LogP contribution in [0.3, 0.4) is 0 Å². The topological polar surface area (TPSA) is 592 Å². The third-order valence-corrected chi connectivity index (χ3v) is 6.62. The first-order valence-electron chi connectivity index (χ1n) is 7.30. The van der Waals surface area contributed by atoms with E-state index in [1.54, 1.807) is 24.3 Å². The van der Waals surface area contributed by atoms with Gasteiger partial charge in [-0.1, -0.05) is 0 Å². The fourth-order valence-electron chi connectivity index (χ4n) is 1.38. The maximum Gasteiger partial charge on any atom is -0.457 e. The molecule has 0 amide bonds. The van der Waals surface area contributed by atoms with E-state index >= 15 is 0 Å². The van der Waals surface area contributed by atoms with Crippen LogP contribution < -0.4 is 20.2 Å². The molecule has 1 radical (unpaired) electrons. The molecule has 0 aliphatic heterocycles. The predicted octanol–water partition coefficient (Wildman–Crippen LogP) is -13.6. The normalized spacial score (nSPS) is 9.02. The summed E-state index contributed by atoms with van der Waals surface area (Å²) in [4.78, 5) is 0. The van der Waals surface area contributed by atoms with Crippen LogP contribution >= 0.6 is 0 Å². The Morgan fingerprint density at radius 2 is 0.634 bits per heavy atom. The van der Waals surface area contributed by atoms with Gasteiger partial charge in [0.25, 0.3) is 0 Å². The van der Waals surface area contributed by atoms with E-state index in [0.717, 1.165) is 11.4 Å². The average Bonchev–Trinajstić information content (AvgIpc) is 2.51. The van der Waals surface area contributed by atoms with Gasteiger partial charge in [0.05, 0.1) is 0 Å². The Bertz CT molecular complexity index is 1040. The van der Waals surface area contributed by atoms with Crippen LogP contribution in [0.5, 0.6) is 0 Å². The van der Waals surface area contributed by atoms with Gasteiger partial charge in [-0.15, -0.1) is 0 Å². The van der Waals surface area contributed by atoms with Crippen LogP contribution in [-0.4, -0.2) is 90.7 Å². The summed E-state index contributed by atoms with van der Waals surface area (Å²) in [5.74, 6) is 0. The van der Waals surface area contributed by atoms with Gasteiger partial charge >= 0.3 is 149 Å². The fraction of sp³-hybridized carbons (Fsp3) is 0. The van der Waals surface area contributed by atoms with Crippen LogP contribution in [0.4, 0.5) is 11.4 Å². The van der Waals surface area contributed by atoms with E-state index < -0.39 is 49.1 Å². The van der Waals surface area contributed by atoms with Crippen LogP contribution in [0, 0.1) is 0 Å². The van der Waals surface area contributed by atoms with Gasteiger partial charge in [0, 0.05) is 20.8 Å². The zero-order chi connectivity index (χ0) is 26.0. The second-order valence-corrected chi connectivity index (χ2v) is 13.6. The van der Waals surface area contributed by atoms with Crippen molar-refractivity contribution in [2.75, 3.05) is 0 Å². The van der Waals surface area contributed by atoms with Crippen molar-refractivity contribution >= 4 is 69.2 Å². The van der Waals surface area contributed by atoms with E-state index in [2.05, 4.69) is 11.5 Å². The first kappa shape index (κ1) is 72.3. The molecule has 32 N–H and O–H groups in total. The predicted molar refractivity (Wildman–Crippen MR) is 136 cm³/mol. The third kappa shape index (κ3) is 55.4. The number of benzene rings is 2. The monoisotopic (exact) mass is 841 g/mol. The van der Waals surface area contributed by atoms with Crippen molar-refractivity contribution in [3.63, 3.8) is 0 Å². The SMILES string of the molecule is O.O.O=S(=O)([O-])[O-].O=S(=O)([O-])[O-].[Cu+2].[NH3+]c1ccc([As](=O)(O)O)cc1.[NH3+]c1ccc([As](=O)(O)O)cc1.[OH3+].[OH3+].[OH3+].[OH3+].[OH3+].[OH3+]. The molecule has 0 saturated carbocycles. The van der Waals surface area contributed by atoms with Crippen molar-refractivity contribution in [2.24, 2.45) is 0 Å². The summed E-state index contributed by atoms with van der Waals surface area (Å²) in [6, 6.07) is 11.9. The molecule has 0 aromatic heterocycles. The van der Waals surface area contributed by atoms with E-state index in [9.17, 15) is 7.48 Å². The van der Waals surface area contributed by atoms with Gasteiger partial charge in [0.1, 0.15) is 0 Å². The zero-order valence-electron chi connectivity index (χ0n) is 20.4. The molecule has 0 unspecified atom stereocenters. The molecule has 24 nitrogen and oxygen atoms in total. The van der Waals surface area contributed by atoms with Crippen LogP contribution in [0.1, 0.15) is 0 Å². The van der Waals surface area contributed by atoms with Crippen LogP contribution in [0.2, 0.25) is 0 Å². The maximum absolute atomic E-state index is 10.7. The van der Waals surface area contributed by atoms with Gasteiger partial charge in [-0.25, -0.2) is 0 Å². The Balaban J connectivity index is -0.0000000319. The minimum atomic E-state index is -5.17. The Morgan fingerprint density at radius 3 is 0.732 bits per heavy atom. The minimum absolute atomic E-state index is 0. The molecule has 0 fully saturated rings. The Labute approximate surface area is 248 Å². The summed E-state index contributed by atoms with van der Waals surface area (Å²) in [5.41, 5.74) is 8.69. The third-order valence-electron chi connectivity index (χ3n) is 2.55. The molecular weight excluding hydrogens is 802 g/mol. The quantitative estimate of drug-likeness (QED) is 0.0708. The van der Waals surface area contributed by atoms with Crippen LogP contribution in [0.25, 0.3) is 0 Å². The number of quaternary nitrogens is 2. The summed E-state index contributed by atoms with van der Waals surface area (Å²) < 4.78 is 125. The van der Waals surface area contributed by atoms with E-state index in [1.807, 2.05) is 0 Å². The number of rotatable bonds is 2. The van der Waals surface area contributed by atoms with Crippen molar-refractivity contribution < 1.29 is 131 Å². The first-order valence-corrected chi connectivity index (χ1v) is 16.7. The summed E-state index contributed by atoms with van der Waals surface area (Å²) in [6.07, 6.45) is 0. The van der Waals surface area contributed by atoms with E-state index in [1.165, 1.54) is 24.3 Å². The molecule has 0 spiro atoms. The Morgan fingerprint density at radius 1 is 0.512 bits per heavy atom. The smallest absolute Gasteiger partial charge is 0.457 e. The maximum atomic E-state index is 10.7. The molecule has 41 heavy (non-hydrogen) atoms. The molecule has 0 aliphatic rings. The number of hydrogen-bond donors (Lipinski definition) is 6. The molecule has 257 valence electrons. The minimum Gasteiger partial charge on any atom is -0.457 e. The second kappa shape index (κ2) is 30.3. The van der Waals surface area contributed by atoms with E-state index in [0.29, 0.717) is 0 Å². The molecule has 0 saturated heterocycles. The molecule has 0 heterocycles.